The van der Waals surface area contributed by atoms with Crippen LogP contribution in [0, 0.1) is 13.8 Å². The molecule has 0 fully saturated rings. The topological polar surface area (TPSA) is 102 Å². The Hall–Kier alpha value is -4.21. The van der Waals surface area contributed by atoms with Crippen LogP contribution in [0.25, 0.3) is 22.0 Å². The van der Waals surface area contributed by atoms with Crippen LogP contribution in [-0.2, 0) is 0 Å². The number of pyridine rings is 4. The lowest BCUT2D eigenvalue weighted by molar-refractivity contribution is -0.0505. The summed E-state index contributed by atoms with van der Waals surface area (Å²) < 4.78 is 29.2. The zero-order chi connectivity index (χ0) is 23.5. The van der Waals surface area contributed by atoms with E-state index in [2.05, 4.69) is 35.3 Å². The van der Waals surface area contributed by atoms with E-state index < -0.39 is 12.5 Å². The molecule has 33 heavy (non-hydrogen) atoms. The van der Waals surface area contributed by atoms with Crippen LogP contribution in [0.3, 0.4) is 0 Å². The molecule has 0 spiro atoms. The molecule has 4 aromatic rings. The smallest absolute Gasteiger partial charge is 0.387 e. The number of ether oxygens (including phenoxy) is 1. The van der Waals surface area contributed by atoms with Gasteiger partial charge in [-0.1, -0.05) is 0 Å². The number of rotatable bonds is 6. The Morgan fingerprint density at radius 2 is 1.79 bits per heavy atom. The number of nitrogens with zero attached hydrogens (tertiary/aromatic N) is 4. The fourth-order valence-corrected chi connectivity index (χ4v) is 3.28. The summed E-state index contributed by atoms with van der Waals surface area (Å²) >= 11 is 0. The number of hydrogen-bond donors (Lipinski definition) is 2. The Morgan fingerprint density at radius 1 is 0.970 bits per heavy atom. The fourth-order valence-electron chi connectivity index (χ4n) is 3.28. The van der Waals surface area contributed by atoms with Gasteiger partial charge in [0.05, 0.1) is 23.6 Å². The van der Waals surface area contributed by atoms with Gasteiger partial charge in [-0.2, -0.15) is 8.78 Å². The largest absolute Gasteiger partial charge is 0.433 e. The van der Waals surface area contributed by atoms with E-state index in [-0.39, 0.29) is 11.4 Å². The fraction of sp³-hybridized carbons (Fsp3) is 0.174. The number of carbonyl (C=O) groups excluding carboxylic acids is 1. The maximum Gasteiger partial charge on any atom is 0.387 e. The molecule has 0 aliphatic heterocycles. The highest BCUT2D eigenvalue weighted by molar-refractivity contribution is 6.03. The minimum absolute atomic E-state index is 0.0648. The zero-order valence-corrected chi connectivity index (χ0v) is 18.1. The first kappa shape index (κ1) is 22.0. The van der Waals surface area contributed by atoms with Gasteiger partial charge in [0.1, 0.15) is 17.3 Å². The summed E-state index contributed by atoms with van der Waals surface area (Å²) in [6, 6.07) is 6.99. The normalized spacial score (nSPS) is 11.0. The summed E-state index contributed by atoms with van der Waals surface area (Å²) in [4.78, 5) is 29.8. The van der Waals surface area contributed by atoms with Crippen molar-refractivity contribution in [1.29, 1.82) is 0 Å². The third-order valence-electron chi connectivity index (χ3n) is 4.99. The highest BCUT2D eigenvalue weighted by atomic mass is 19.3. The number of alkyl halides is 2. The molecule has 0 aromatic carbocycles. The Labute approximate surface area is 188 Å². The maximum absolute atomic E-state index is 12.7. The standard InChI is InChI=1S/C23H20F2N6O2/c1-12-4-19(29-11-20(12)33-23(24)25)22(32)31-16-6-17(13(2)27-10-16)14-5-15-9-30-21(26-3)7-18(15)28-8-14/h4-11,23H,1-3H3,(H,26,30)(H,31,32). The van der Waals surface area contributed by atoms with Gasteiger partial charge in [0.2, 0.25) is 0 Å². The molecule has 168 valence electrons. The van der Waals surface area contributed by atoms with Crippen LogP contribution < -0.4 is 15.4 Å². The Kier molecular flexibility index (Phi) is 6.07. The molecule has 0 atom stereocenters. The van der Waals surface area contributed by atoms with Gasteiger partial charge in [-0.05, 0) is 37.6 Å². The van der Waals surface area contributed by atoms with E-state index in [9.17, 15) is 13.6 Å². The summed E-state index contributed by atoms with van der Waals surface area (Å²) in [6.07, 6.45) is 6.11. The zero-order valence-electron chi connectivity index (χ0n) is 18.1. The molecule has 4 heterocycles. The van der Waals surface area contributed by atoms with E-state index in [4.69, 9.17) is 0 Å². The molecule has 0 aliphatic rings. The van der Waals surface area contributed by atoms with Crippen molar-refractivity contribution in [3.05, 3.63) is 66.0 Å². The highest BCUT2D eigenvalue weighted by Gasteiger charge is 2.14. The van der Waals surface area contributed by atoms with Crippen molar-refractivity contribution in [2.24, 2.45) is 0 Å². The second-order valence-electron chi connectivity index (χ2n) is 7.26. The van der Waals surface area contributed by atoms with Crippen molar-refractivity contribution in [2.75, 3.05) is 17.7 Å². The number of carbonyl (C=O) groups is 1. The summed E-state index contributed by atoms with van der Waals surface area (Å²) in [5.41, 5.74) is 4.07. The van der Waals surface area contributed by atoms with Crippen molar-refractivity contribution in [1.82, 2.24) is 19.9 Å². The van der Waals surface area contributed by atoms with Crippen molar-refractivity contribution in [3.8, 4) is 16.9 Å². The predicted octanol–water partition coefficient (Wildman–Crippen LogP) is 4.60. The Bertz CT molecular complexity index is 1350. The lowest BCUT2D eigenvalue weighted by Crippen LogP contribution is -2.15. The van der Waals surface area contributed by atoms with Crippen LogP contribution in [0.4, 0.5) is 20.3 Å². The van der Waals surface area contributed by atoms with E-state index in [1.165, 1.54) is 12.3 Å². The Balaban J connectivity index is 1.59. The summed E-state index contributed by atoms with van der Waals surface area (Å²) in [5, 5.41) is 6.59. The van der Waals surface area contributed by atoms with E-state index in [0.717, 1.165) is 39.7 Å². The first-order valence-electron chi connectivity index (χ1n) is 9.97. The van der Waals surface area contributed by atoms with Gasteiger partial charge >= 0.3 is 6.61 Å². The average Bonchev–Trinajstić information content (AvgIpc) is 2.80. The summed E-state index contributed by atoms with van der Waals surface area (Å²) in [5.74, 6) is 0.141. The lowest BCUT2D eigenvalue weighted by Gasteiger charge is -2.11. The van der Waals surface area contributed by atoms with Crippen molar-refractivity contribution in [3.63, 3.8) is 0 Å². The molecule has 4 rings (SSSR count). The summed E-state index contributed by atoms with van der Waals surface area (Å²) in [6.45, 7) is 0.455. The molecule has 0 aliphatic carbocycles. The SMILES string of the molecule is CNc1cc2ncc(-c3cc(NC(=O)c4cc(C)c(OC(F)F)cn4)cnc3C)cc2cn1. The lowest BCUT2D eigenvalue weighted by atomic mass is 10.0. The molecule has 0 radical (unpaired) electrons. The molecule has 1 amide bonds. The summed E-state index contributed by atoms with van der Waals surface area (Å²) in [7, 11) is 1.79. The molecule has 0 saturated carbocycles. The molecule has 4 aromatic heterocycles. The van der Waals surface area contributed by atoms with Crippen LogP contribution >= 0.6 is 0 Å². The molecule has 0 saturated heterocycles. The second kappa shape index (κ2) is 9.11. The number of amides is 1. The van der Waals surface area contributed by atoms with Crippen molar-refractivity contribution in [2.45, 2.75) is 20.5 Å². The molecule has 2 N–H and O–H groups in total. The molecule has 10 heteroatoms. The predicted molar refractivity (Wildman–Crippen MR) is 121 cm³/mol. The highest BCUT2D eigenvalue weighted by Crippen LogP contribution is 2.28. The third-order valence-corrected chi connectivity index (χ3v) is 4.99. The molecule has 0 unspecified atom stereocenters. The number of halogens is 2. The van der Waals surface area contributed by atoms with Gasteiger partial charge in [-0.3, -0.25) is 14.8 Å². The second-order valence-corrected chi connectivity index (χ2v) is 7.26. The van der Waals surface area contributed by atoms with E-state index in [1.54, 1.807) is 32.4 Å². The first-order chi connectivity index (χ1) is 15.8. The van der Waals surface area contributed by atoms with E-state index in [1.807, 2.05) is 19.1 Å². The van der Waals surface area contributed by atoms with Crippen molar-refractivity contribution < 1.29 is 18.3 Å². The molecular weight excluding hydrogens is 430 g/mol. The van der Waals surface area contributed by atoms with Crippen molar-refractivity contribution >= 4 is 28.3 Å². The van der Waals surface area contributed by atoms with Gasteiger partial charge in [0, 0.05) is 47.7 Å². The minimum Gasteiger partial charge on any atom is -0.433 e. The number of hydrogen-bond acceptors (Lipinski definition) is 7. The van der Waals surface area contributed by atoms with E-state index >= 15 is 0 Å². The third kappa shape index (κ3) is 4.84. The van der Waals surface area contributed by atoms with Gasteiger partial charge < -0.3 is 15.4 Å². The molecular formula is C23H20F2N6O2. The van der Waals surface area contributed by atoms with Gasteiger partial charge in [0.25, 0.3) is 5.91 Å². The maximum atomic E-state index is 12.7. The number of fused-ring (bicyclic) bond motifs is 1. The quantitative estimate of drug-likeness (QED) is 0.443. The van der Waals surface area contributed by atoms with Crippen LogP contribution in [0.2, 0.25) is 0 Å². The number of nitrogens with one attached hydrogen (secondary N) is 2. The number of aryl methyl sites for hydroxylation is 2. The van der Waals surface area contributed by atoms with E-state index in [0.29, 0.717) is 11.3 Å². The minimum atomic E-state index is -2.96. The average molecular weight is 450 g/mol. The Morgan fingerprint density at radius 3 is 2.52 bits per heavy atom. The van der Waals surface area contributed by atoms with Crippen LogP contribution in [0.15, 0.2) is 49.1 Å². The van der Waals surface area contributed by atoms with Crippen LogP contribution in [-0.4, -0.2) is 39.5 Å². The molecule has 0 bridgehead atoms. The monoisotopic (exact) mass is 450 g/mol. The van der Waals surface area contributed by atoms with Gasteiger partial charge in [-0.15, -0.1) is 0 Å². The van der Waals surface area contributed by atoms with Gasteiger partial charge in [-0.25, -0.2) is 9.97 Å². The van der Waals surface area contributed by atoms with Crippen LogP contribution in [0.1, 0.15) is 21.7 Å². The van der Waals surface area contributed by atoms with Gasteiger partial charge in [0.15, 0.2) is 0 Å². The van der Waals surface area contributed by atoms with Crippen LogP contribution in [0.5, 0.6) is 5.75 Å². The first-order valence-corrected chi connectivity index (χ1v) is 9.97. The molecule has 8 nitrogen and oxygen atoms in total. The number of anilines is 2. The number of aromatic nitrogens is 4.